The van der Waals surface area contributed by atoms with Crippen LogP contribution in [-0.4, -0.2) is 11.7 Å². The van der Waals surface area contributed by atoms with E-state index in [2.05, 4.69) is 11.4 Å². The summed E-state index contributed by atoms with van der Waals surface area (Å²) < 4.78 is 5.80. The second-order valence-electron chi connectivity index (χ2n) is 4.40. The lowest BCUT2D eigenvalue weighted by Crippen LogP contribution is -2.04. The number of rotatable bonds is 5. The van der Waals surface area contributed by atoms with E-state index < -0.39 is 6.10 Å². The summed E-state index contributed by atoms with van der Waals surface area (Å²) in [5.41, 5.74) is 2.00. The van der Waals surface area contributed by atoms with Gasteiger partial charge < -0.3 is 9.84 Å². The summed E-state index contributed by atoms with van der Waals surface area (Å²) in [4.78, 5) is 1.32. The lowest BCUT2D eigenvalue weighted by atomic mass is 10.1. The average Bonchev–Trinajstić information content (AvgIpc) is 2.82. The van der Waals surface area contributed by atoms with E-state index in [0.717, 1.165) is 23.3 Å². The fraction of sp³-hybridized carbons (Fsp3) is 0.333. The van der Waals surface area contributed by atoms with E-state index in [1.807, 2.05) is 31.2 Å². The molecule has 3 heteroatoms. The Morgan fingerprint density at radius 3 is 2.83 bits per heavy atom. The molecule has 0 aliphatic carbocycles. The molecule has 0 spiro atoms. The van der Waals surface area contributed by atoms with Crippen molar-refractivity contribution < 1.29 is 9.84 Å². The van der Waals surface area contributed by atoms with Crippen molar-refractivity contribution in [2.45, 2.75) is 26.4 Å². The molecule has 0 bridgehead atoms. The number of aryl methyl sites for hydroxylation is 1. The molecule has 2 rings (SSSR count). The molecule has 0 amide bonds. The highest BCUT2D eigenvalue weighted by molar-refractivity contribution is 7.09. The summed E-state index contributed by atoms with van der Waals surface area (Å²) in [6, 6.07) is 10.1. The van der Waals surface area contributed by atoms with Gasteiger partial charge in [0.05, 0.1) is 12.7 Å². The van der Waals surface area contributed by atoms with Crippen LogP contribution in [0.15, 0.2) is 35.7 Å². The molecule has 0 saturated heterocycles. The molecule has 0 aliphatic heterocycles. The molecule has 1 aromatic carbocycles. The topological polar surface area (TPSA) is 29.5 Å². The zero-order valence-electron chi connectivity index (χ0n) is 10.7. The molecule has 1 heterocycles. The first-order valence-electron chi connectivity index (χ1n) is 6.10. The number of ether oxygens (including phenoxy) is 1. The lowest BCUT2D eigenvalue weighted by Gasteiger charge is -2.14. The molecule has 1 N–H and O–H groups in total. The van der Waals surface area contributed by atoms with Crippen LogP contribution in [-0.2, 0) is 6.42 Å². The molecule has 0 radical (unpaired) electrons. The first kappa shape index (κ1) is 13.1. The Labute approximate surface area is 112 Å². The van der Waals surface area contributed by atoms with E-state index in [4.69, 9.17) is 4.74 Å². The molecule has 0 aliphatic rings. The van der Waals surface area contributed by atoms with Crippen LogP contribution in [0.4, 0.5) is 0 Å². The minimum absolute atomic E-state index is 0.498. The maximum atomic E-state index is 9.70. The minimum atomic E-state index is -0.498. The van der Waals surface area contributed by atoms with Crippen LogP contribution in [0.3, 0.4) is 0 Å². The molecule has 96 valence electrons. The zero-order valence-corrected chi connectivity index (χ0v) is 11.5. The molecule has 1 atom stereocenters. The molecule has 0 saturated carbocycles. The third kappa shape index (κ3) is 3.34. The summed E-state index contributed by atoms with van der Waals surface area (Å²) in [7, 11) is 0. The van der Waals surface area contributed by atoms with Gasteiger partial charge in [-0.25, -0.2) is 0 Å². The first-order chi connectivity index (χ1) is 8.66. The number of aliphatic hydroxyl groups excluding tert-OH is 1. The van der Waals surface area contributed by atoms with Gasteiger partial charge in [-0.3, -0.25) is 0 Å². The zero-order chi connectivity index (χ0) is 13.0. The molecule has 1 unspecified atom stereocenters. The normalized spacial score (nSPS) is 12.4. The standard InChI is InChI=1S/C15H18O2S/c1-11-5-6-14(12(2)16)15(10-11)17-8-7-13-4-3-9-18-13/h3-6,9-10,12,16H,7-8H2,1-2H3. The van der Waals surface area contributed by atoms with E-state index in [9.17, 15) is 5.11 Å². The van der Waals surface area contributed by atoms with Crippen molar-refractivity contribution in [1.29, 1.82) is 0 Å². The van der Waals surface area contributed by atoms with Crippen molar-refractivity contribution in [2.75, 3.05) is 6.61 Å². The smallest absolute Gasteiger partial charge is 0.125 e. The largest absolute Gasteiger partial charge is 0.493 e. The summed E-state index contributed by atoms with van der Waals surface area (Å²) in [6.07, 6.45) is 0.410. The Morgan fingerprint density at radius 1 is 1.33 bits per heavy atom. The summed E-state index contributed by atoms with van der Waals surface area (Å²) in [5.74, 6) is 0.793. The Bertz CT molecular complexity index is 489. The SMILES string of the molecule is Cc1ccc(C(C)O)c(OCCc2cccs2)c1. The van der Waals surface area contributed by atoms with E-state index in [1.165, 1.54) is 4.88 Å². The number of hydrogen-bond donors (Lipinski definition) is 1. The summed E-state index contributed by atoms with van der Waals surface area (Å²) >= 11 is 1.74. The van der Waals surface area contributed by atoms with Gasteiger partial charge in [0.2, 0.25) is 0 Å². The van der Waals surface area contributed by atoms with Crippen LogP contribution in [0.25, 0.3) is 0 Å². The van der Waals surface area contributed by atoms with Gasteiger partial charge in [0.25, 0.3) is 0 Å². The predicted octanol–water partition coefficient (Wildman–Crippen LogP) is 3.73. The average molecular weight is 262 g/mol. The van der Waals surface area contributed by atoms with Gasteiger partial charge in [-0.2, -0.15) is 0 Å². The van der Waals surface area contributed by atoms with E-state index in [0.29, 0.717) is 6.61 Å². The van der Waals surface area contributed by atoms with Crippen LogP contribution < -0.4 is 4.74 Å². The van der Waals surface area contributed by atoms with Crippen molar-refractivity contribution >= 4 is 11.3 Å². The van der Waals surface area contributed by atoms with Gasteiger partial charge in [0.1, 0.15) is 5.75 Å². The maximum absolute atomic E-state index is 9.70. The van der Waals surface area contributed by atoms with Crippen LogP contribution in [0.1, 0.15) is 29.0 Å². The Morgan fingerprint density at radius 2 is 2.17 bits per heavy atom. The van der Waals surface area contributed by atoms with Gasteiger partial charge >= 0.3 is 0 Å². The van der Waals surface area contributed by atoms with Crippen molar-refractivity contribution in [3.8, 4) is 5.75 Å². The molecular weight excluding hydrogens is 244 g/mol. The molecule has 2 nitrogen and oxygen atoms in total. The van der Waals surface area contributed by atoms with Crippen molar-refractivity contribution in [2.24, 2.45) is 0 Å². The third-order valence-electron chi connectivity index (χ3n) is 2.81. The van der Waals surface area contributed by atoms with Gasteiger partial charge in [0.15, 0.2) is 0 Å². The fourth-order valence-corrected chi connectivity index (χ4v) is 2.52. The maximum Gasteiger partial charge on any atom is 0.125 e. The number of aliphatic hydroxyl groups is 1. The monoisotopic (exact) mass is 262 g/mol. The van der Waals surface area contributed by atoms with Gasteiger partial charge in [0, 0.05) is 16.9 Å². The van der Waals surface area contributed by atoms with Crippen molar-refractivity contribution in [3.05, 3.63) is 51.7 Å². The predicted molar refractivity (Wildman–Crippen MR) is 75.3 cm³/mol. The molecule has 2 aromatic rings. The molecule has 18 heavy (non-hydrogen) atoms. The summed E-state index contributed by atoms with van der Waals surface area (Å²) in [5, 5.41) is 11.8. The summed E-state index contributed by atoms with van der Waals surface area (Å²) in [6.45, 7) is 4.43. The number of benzene rings is 1. The van der Waals surface area contributed by atoms with E-state index in [-0.39, 0.29) is 0 Å². The molecular formula is C15H18O2S. The molecule has 0 fully saturated rings. The Hall–Kier alpha value is -1.32. The highest BCUT2D eigenvalue weighted by atomic mass is 32.1. The number of hydrogen-bond acceptors (Lipinski definition) is 3. The van der Waals surface area contributed by atoms with Crippen molar-refractivity contribution in [1.82, 2.24) is 0 Å². The van der Waals surface area contributed by atoms with Gasteiger partial charge in [-0.05, 0) is 36.9 Å². The van der Waals surface area contributed by atoms with Crippen LogP contribution in [0, 0.1) is 6.92 Å². The third-order valence-corrected chi connectivity index (χ3v) is 3.74. The second kappa shape index (κ2) is 6.03. The Kier molecular flexibility index (Phi) is 4.39. The second-order valence-corrected chi connectivity index (χ2v) is 5.43. The fourth-order valence-electron chi connectivity index (χ4n) is 1.83. The van der Waals surface area contributed by atoms with Crippen LogP contribution in [0.5, 0.6) is 5.75 Å². The highest BCUT2D eigenvalue weighted by Gasteiger charge is 2.09. The highest BCUT2D eigenvalue weighted by Crippen LogP contribution is 2.26. The van der Waals surface area contributed by atoms with Crippen molar-refractivity contribution in [3.63, 3.8) is 0 Å². The lowest BCUT2D eigenvalue weighted by molar-refractivity contribution is 0.191. The van der Waals surface area contributed by atoms with Gasteiger partial charge in [-0.1, -0.05) is 18.2 Å². The Balaban J connectivity index is 2.01. The quantitative estimate of drug-likeness (QED) is 0.889. The first-order valence-corrected chi connectivity index (χ1v) is 6.98. The van der Waals surface area contributed by atoms with E-state index in [1.54, 1.807) is 18.3 Å². The molecule has 1 aromatic heterocycles. The van der Waals surface area contributed by atoms with Crippen LogP contribution >= 0.6 is 11.3 Å². The van der Waals surface area contributed by atoms with E-state index >= 15 is 0 Å². The number of thiophene rings is 1. The van der Waals surface area contributed by atoms with Crippen LogP contribution in [0.2, 0.25) is 0 Å². The van der Waals surface area contributed by atoms with Gasteiger partial charge in [-0.15, -0.1) is 11.3 Å². The minimum Gasteiger partial charge on any atom is -0.493 e.